The highest BCUT2D eigenvalue weighted by molar-refractivity contribution is 7.11. The Labute approximate surface area is 119 Å². The van der Waals surface area contributed by atoms with Gasteiger partial charge >= 0.3 is 0 Å². The normalized spacial score (nSPS) is 19.3. The molecular weight excluding hydrogens is 256 g/mol. The summed E-state index contributed by atoms with van der Waals surface area (Å²) < 4.78 is 0. The summed E-state index contributed by atoms with van der Waals surface area (Å²) in [7, 11) is 0. The number of hydrogen-bond acceptors (Lipinski definition) is 5. The quantitative estimate of drug-likeness (QED) is 0.846. The van der Waals surface area contributed by atoms with E-state index in [0.717, 1.165) is 44.8 Å². The molecule has 4 nitrogen and oxygen atoms in total. The summed E-state index contributed by atoms with van der Waals surface area (Å²) in [5.74, 6) is 0. The molecule has 19 heavy (non-hydrogen) atoms. The predicted molar refractivity (Wildman–Crippen MR) is 78.1 cm³/mol. The molecule has 2 rings (SSSR count). The Hall–Kier alpha value is -0.960. The SMILES string of the molecule is CCC(C#N)N1CCN(Cc2nc(C)c(C)s2)CC1. The van der Waals surface area contributed by atoms with Crippen molar-refractivity contribution in [3.63, 3.8) is 0 Å². The Balaban J connectivity index is 1.85. The maximum Gasteiger partial charge on any atom is 0.107 e. The minimum absolute atomic E-state index is 0.0894. The zero-order valence-electron chi connectivity index (χ0n) is 12.0. The summed E-state index contributed by atoms with van der Waals surface area (Å²) in [5.41, 5.74) is 1.16. The summed E-state index contributed by atoms with van der Waals surface area (Å²) in [4.78, 5) is 10.7. The Kier molecular flexibility index (Phi) is 4.92. The fraction of sp³-hybridized carbons (Fsp3) is 0.714. The molecule has 1 aromatic rings. The van der Waals surface area contributed by atoms with Crippen molar-refractivity contribution in [2.45, 2.75) is 39.8 Å². The second-order valence-corrected chi connectivity index (χ2v) is 6.40. The molecule has 1 saturated heterocycles. The number of aryl methyl sites for hydroxylation is 2. The van der Waals surface area contributed by atoms with Crippen molar-refractivity contribution in [3.8, 4) is 6.07 Å². The van der Waals surface area contributed by atoms with Gasteiger partial charge in [-0.15, -0.1) is 11.3 Å². The molecule has 1 unspecified atom stereocenters. The molecule has 0 aliphatic carbocycles. The molecule has 0 aromatic carbocycles. The molecule has 0 N–H and O–H groups in total. The molecule has 104 valence electrons. The van der Waals surface area contributed by atoms with Crippen LogP contribution in [0.5, 0.6) is 0 Å². The molecular formula is C14H22N4S. The Morgan fingerprint density at radius 2 is 2.00 bits per heavy atom. The van der Waals surface area contributed by atoms with Gasteiger partial charge in [0.05, 0.1) is 24.3 Å². The highest BCUT2D eigenvalue weighted by Gasteiger charge is 2.23. The molecule has 0 radical (unpaired) electrons. The zero-order valence-corrected chi connectivity index (χ0v) is 12.8. The van der Waals surface area contributed by atoms with Crippen molar-refractivity contribution < 1.29 is 0 Å². The Morgan fingerprint density at radius 3 is 2.47 bits per heavy atom. The molecule has 1 aromatic heterocycles. The van der Waals surface area contributed by atoms with Crippen LogP contribution in [-0.2, 0) is 6.54 Å². The van der Waals surface area contributed by atoms with Gasteiger partial charge in [0, 0.05) is 31.1 Å². The third kappa shape index (κ3) is 3.53. The maximum absolute atomic E-state index is 9.10. The van der Waals surface area contributed by atoms with Crippen LogP contribution in [0.3, 0.4) is 0 Å². The maximum atomic E-state index is 9.10. The number of rotatable bonds is 4. The van der Waals surface area contributed by atoms with Gasteiger partial charge in [0.1, 0.15) is 5.01 Å². The van der Waals surface area contributed by atoms with Crippen LogP contribution < -0.4 is 0 Å². The van der Waals surface area contributed by atoms with Crippen LogP contribution in [0.4, 0.5) is 0 Å². The third-order valence-corrected chi connectivity index (χ3v) is 4.87. The molecule has 1 atom stereocenters. The molecule has 0 bridgehead atoms. The van der Waals surface area contributed by atoms with Gasteiger partial charge in [-0.05, 0) is 20.3 Å². The summed E-state index contributed by atoms with van der Waals surface area (Å²) >= 11 is 1.81. The number of hydrogen-bond donors (Lipinski definition) is 0. The molecule has 2 heterocycles. The van der Waals surface area contributed by atoms with Gasteiger partial charge in [0.2, 0.25) is 0 Å². The summed E-state index contributed by atoms with van der Waals surface area (Å²) in [6.45, 7) is 11.3. The largest absolute Gasteiger partial charge is 0.294 e. The highest BCUT2D eigenvalue weighted by atomic mass is 32.1. The minimum atomic E-state index is 0.0894. The van der Waals surface area contributed by atoms with E-state index in [4.69, 9.17) is 5.26 Å². The van der Waals surface area contributed by atoms with Crippen LogP contribution in [0.1, 0.15) is 28.9 Å². The third-order valence-electron chi connectivity index (χ3n) is 3.82. The smallest absolute Gasteiger partial charge is 0.107 e. The predicted octanol–water partition coefficient (Wildman–Crippen LogP) is 2.18. The van der Waals surface area contributed by atoms with Gasteiger partial charge in [-0.25, -0.2) is 4.98 Å². The van der Waals surface area contributed by atoms with Crippen LogP contribution >= 0.6 is 11.3 Å². The minimum Gasteiger partial charge on any atom is -0.294 e. The second kappa shape index (κ2) is 6.47. The van der Waals surface area contributed by atoms with Gasteiger partial charge in [-0.3, -0.25) is 9.80 Å². The lowest BCUT2D eigenvalue weighted by Crippen LogP contribution is -2.49. The second-order valence-electron chi connectivity index (χ2n) is 5.11. The molecule has 5 heteroatoms. The Morgan fingerprint density at radius 1 is 1.32 bits per heavy atom. The monoisotopic (exact) mass is 278 g/mol. The number of thiazole rings is 1. The lowest BCUT2D eigenvalue weighted by molar-refractivity contribution is 0.108. The first kappa shape index (κ1) is 14.4. The highest BCUT2D eigenvalue weighted by Crippen LogP contribution is 2.19. The van der Waals surface area contributed by atoms with Crippen molar-refractivity contribution >= 4 is 11.3 Å². The Bertz CT molecular complexity index is 435. The van der Waals surface area contributed by atoms with E-state index in [2.05, 4.69) is 41.6 Å². The van der Waals surface area contributed by atoms with E-state index in [-0.39, 0.29) is 6.04 Å². The molecule has 0 saturated carbocycles. The first-order chi connectivity index (χ1) is 9.13. The molecule has 1 aliphatic rings. The van der Waals surface area contributed by atoms with Crippen molar-refractivity contribution in [1.29, 1.82) is 5.26 Å². The standard InChI is InChI=1S/C14H22N4S/c1-4-13(9-15)18-7-5-17(6-8-18)10-14-16-11(2)12(3)19-14/h13H,4-8,10H2,1-3H3. The summed E-state index contributed by atoms with van der Waals surface area (Å²) in [6.07, 6.45) is 0.918. The van der Waals surface area contributed by atoms with Crippen LogP contribution in [0.2, 0.25) is 0 Å². The van der Waals surface area contributed by atoms with E-state index >= 15 is 0 Å². The van der Waals surface area contributed by atoms with Gasteiger partial charge in [0.25, 0.3) is 0 Å². The summed E-state index contributed by atoms with van der Waals surface area (Å²) in [6, 6.07) is 2.48. The lowest BCUT2D eigenvalue weighted by atomic mass is 10.2. The molecule has 1 aliphatic heterocycles. The zero-order chi connectivity index (χ0) is 13.8. The van der Waals surface area contributed by atoms with Gasteiger partial charge in [0.15, 0.2) is 0 Å². The molecule has 1 fully saturated rings. The van der Waals surface area contributed by atoms with Crippen molar-refractivity contribution in [1.82, 2.24) is 14.8 Å². The average Bonchev–Trinajstić information content (AvgIpc) is 2.72. The first-order valence-electron chi connectivity index (χ1n) is 6.93. The van der Waals surface area contributed by atoms with E-state index in [1.807, 2.05) is 0 Å². The fourth-order valence-electron chi connectivity index (χ4n) is 2.46. The molecule has 0 spiro atoms. The number of aromatic nitrogens is 1. The van der Waals surface area contributed by atoms with Crippen LogP contribution in [0.25, 0.3) is 0 Å². The van der Waals surface area contributed by atoms with Crippen LogP contribution in [-0.4, -0.2) is 47.0 Å². The van der Waals surface area contributed by atoms with E-state index in [9.17, 15) is 0 Å². The van der Waals surface area contributed by atoms with Crippen LogP contribution in [0.15, 0.2) is 0 Å². The average molecular weight is 278 g/mol. The molecule has 0 amide bonds. The first-order valence-corrected chi connectivity index (χ1v) is 7.74. The van der Waals surface area contributed by atoms with Crippen molar-refractivity contribution in [2.75, 3.05) is 26.2 Å². The van der Waals surface area contributed by atoms with E-state index in [0.29, 0.717) is 0 Å². The summed E-state index contributed by atoms with van der Waals surface area (Å²) in [5, 5.41) is 10.3. The van der Waals surface area contributed by atoms with Gasteiger partial charge in [-0.1, -0.05) is 6.92 Å². The fourth-order valence-corrected chi connectivity index (χ4v) is 3.44. The van der Waals surface area contributed by atoms with Crippen molar-refractivity contribution in [3.05, 3.63) is 15.6 Å². The number of nitriles is 1. The van der Waals surface area contributed by atoms with Crippen LogP contribution in [0, 0.1) is 25.2 Å². The van der Waals surface area contributed by atoms with Crippen molar-refractivity contribution in [2.24, 2.45) is 0 Å². The topological polar surface area (TPSA) is 43.2 Å². The number of nitrogens with zero attached hydrogens (tertiary/aromatic N) is 4. The lowest BCUT2D eigenvalue weighted by Gasteiger charge is -2.36. The van der Waals surface area contributed by atoms with E-state index < -0.39 is 0 Å². The van der Waals surface area contributed by atoms with E-state index in [1.54, 1.807) is 11.3 Å². The number of piperazine rings is 1. The van der Waals surface area contributed by atoms with Gasteiger partial charge in [-0.2, -0.15) is 5.26 Å². The van der Waals surface area contributed by atoms with Gasteiger partial charge < -0.3 is 0 Å². The van der Waals surface area contributed by atoms with E-state index in [1.165, 1.54) is 9.88 Å².